The van der Waals surface area contributed by atoms with E-state index in [0.29, 0.717) is 0 Å². The molecule has 1 aromatic rings. The first kappa shape index (κ1) is 18.0. The molecule has 1 atom stereocenters. The maximum absolute atomic E-state index is 11.7. The maximum atomic E-state index is 11.7. The fourth-order valence-electron chi connectivity index (χ4n) is 1.68. The van der Waals surface area contributed by atoms with Crippen LogP contribution in [-0.4, -0.2) is 35.4 Å². The van der Waals surface area contributed by atoms with Crippen molar-refractivity contribution >= 4 is 12.1 Å². The Bertz CT molecular complexity index is 481. The van der Waals surface area contributed by atoms with Crippen LogP contribution >= 0.6 is 0 Å². The summed E-state index contributed by atoms with van der Waals surface area (Å²) in [5.74, 6) is -0.491. The van der Waals surface area contributed by atoms with Gasteiger partial charge in [-0.05, 0) is 26.3 Å². The number of ether oxygens (including phenoxy) is 2. The molecule has 0 aliphatic heterocycles. The van der Waals surface area contributed by atoms with Crippen LogP contribution in [0.4, 0.5) is 4.79 Å². The van der Waals surface area contributed by atoms with Gasteiger partial charge in [0.2, 0.25) is 0 Å². The average molecular weight is 309 g/mol. The van der Waals surface area contributed by atoms with Gasteiger partial charge in [0.15, 0.2) is 0 Å². The van der Waals surface area contributed by atoms with Crippen molar-refractivity contribution in [3.05, 3.63) is 35.9 Å². The number of carbonyl (C=O) groups excluding carboxylic acids is 2. The summed E-state index contributed by atoms with van der Waals surface area (Å²) in [6, 6.07) is 8.48. The largest absolute Gasteiger partial charge is 0.460 e. The number of aliphatic hydroxyl groups excluding tert-OH is 1. The zero-order chi connectivity index (χ0) is 16.6. The third-order valence-corrected chi connectivity index (χ3v) is 2.59. The quantitative estimate of drug-likeness (QED) is 0.785. The number of alkyl carbamates (subject to hydrolysis) is 1. The van der Waals surface area contributed by atoms with Gasteiger partial charge in [0.1, 0.15) is 12.2 Å². The third kappa shape index (κ3) is 7.64. The van der Waals surface area contributed by atoms with E-state index in [1.54, 1.807) is 20.8 Å². The second-order valence-corrected chi connectivity index (χ2v) is 5.88. The number of hydrogen-bond acceptors (Lipinski definition) is 5. The van der Waals surface area contributed by atoms with Crippen molar-refractivity contribution < 1.29 is 24.2 Å². The van der Waals surface area contributed by atoms with E-state index in [0.717, 1.165) is 5.56 Å². The first-order valence-electron chi connectivity index (χ1n) is 7.10. The fraction of sp³-hybridized carbons (Fsp3) is 0.500. The van der Waals surface area contributed by atoms with Crippen LogP contribution in [0.15, 0.2) is 30.3 Å². The molecule has 0 spiro atoms. The Balaban J connectivity index is 2.38. The summed E-state index contributed by atoms with van der Waals surface area (Å²) in [7, 11) is 0. The molecule has 1 unspecified atom stereocenters. The molecule has 1 amide bonds. The average Bonchev–Trinajstić information content (AvgIpc) is 2.43. The molecule has 0 radical (unpaired) electrons. The van der Waals surface area contributed by atoms with Gasteiger partial charge in [-0.2, -0.15) is 0 Å². The molecule has 0 fully saturated rings. The van der Waals surface area contributed by atoms with Crippen molar-refractivity contribution in [3.8, 4) is 0 Å². The van der Waals surface area contributed by atoms with Crippen molar-refractivity contribution in [2.75, 3.05) is 6.61 Å². The molecular weight excluding hydrogens is 286 g/mol. The molecule has 0 aliphatic carbocycles. The molecule has 0 aliphatic rings. The fourth-order valence-corrected chi connectivity index (χ4v) is 1.68. The highest BCUT2D eigenvalue weighted by Crippen LogP contribution is 2.09. The van der Waals surface area contributed by atoms with Crippen molar-refractivity contribution in [3.63, 3.8) is 0 Å². The lowest BCUT2D eigenvalue weighted by Crippen LogP contribution is -2.40. The molecule has 6 heteroatoms. The lowest BCUT2D eigenvalue weighted by Gasteiger charge is -2.22. The first-order valence-corrected chi connectivity index (χ1v) is 7.10. The molecule has 22 heavy (non-hydrogen) atoms. The number of esters is 1. The lowest BCUT2D eigenvalue weighted by molar-refractivity contribution is -0.155. The first-order chi connectivity index (χ1) is 10.3. The zero-order valence-electron chi connectivity index (χ0n) is 13.2. The topological polar surface area (TPSA) is 84.9 Å². The van der Waals surface area contributed by atoms with Crippen LogP contribution in [0, 0.1) is 0 Å². The summed E-state index contributed by atoms with van der Waals surface area (Å²) in [5, 5.41) is 11.7. The van der Waals surface area contributed by atoms with Crippen LogP contribution in [0.1, 0.15) is 32.8 Å². The van der Waals surface area contributed by atoms with E-state index in [-0.39, 0.29) is 19.6 Å². The van der Waals surface area contributed by atoms with Crippen LogP contribution in [0.25, 0.3) is 0 Å². The number of rotatable bonds is 6. The second-order valence-electron chi connectivity index (χ2n) is 5.88. The molecule has 122 valence electrons. The molecule has 1 rings (SSSR count). The zero-order valence-corrected chi connectivity index (χ0v) is 13.2. The predicted molar refractivity (Wildman–Crippen MR) is 81.1 cm³/mol. The highest BCUT2D eigenvalue weighted by atomic mass is 16.6. The second kappa shape index (κ2) is 8.38. The van der Waals surface area contributed by atoms with E-state index < -0.39 is 23.7 Å². The van der Waals surface area contributed by atoms with Gasteiger partial charge in [0, 0.05) is 0 Å². The van der Waals surface area contributed by atoms with Crippen LogP contribution in [-0.2, 0) is 20.9 Å². The normalized spacial score (nSPS) is 12.4. The maximum Gasteiger partial charge on any atom is 0.407 e. The summed E-state index contributed by atoms with van der Waals surface area (Å²) in [4.78, 5) is 23.3. The standard InChI is InChI=1S/C16H23NO5/c1-16(2,3)22-14(19)9-13(10-18)17-15(20)21-11-12-7-5-4-6-8-12/h4-8,13,18H,9-11H2,1-3H3,(H,17,20). The molecule has 0 saturated carbocycles. The summed E-state index contributed by atoms with van der Waals surface area (Å²) in [5.41, 5.74) is 0.246. The van der Waals surface area contributed by atoms with E-state index >= 15 is 0 Å². The molecule has 6 nitrogen and oxygen atoms in total. The van der Waals surface area contributed by atoms with Crippen molar-refractivity contribution in [2.45, 2.75) is 45.4 Å². The Hall–Kier alpha value is -2.08. The minimum atomic E-state index is -0.738. The Labute approximate surface area is 130 Å². The number of amides is 1. The smallest absolute Gasteiger partial charge is 0.407 e. The van der Waals surface area contributed by atoms with Crippen LogP contribution < -0.4 is 5.32 Å². The summed E-state index contributed by atoms with van der Waals surface area (Å²) >= 11 is 0. The summed E-state index contributed by atoms with van der Waals surface area (Å²) in [6.07, 6.45) is -0.805. The van der Waals surface area contributed by atoms with Crippen LogP contribution in [0.2, 0.25) is 0 Å². The highest BCUT2D eigenvalue weighted by Gasteiger charge is 2.21. The highest BCUT2D eigenvalue weighted by molar-refractivity contribution is 5.73. The van der Waals surface area contributed by atoms with Gasteiger partial charge < -0.3 is 19.9 Å². The van der Waals surface area contributed by atoms with Crippen molar-refractivity contribution in [1.29, 1.82) is 0 Å². The third-order valence-electron chi connectivity index (χ3n) is 2.59. The van der Waals surface area contributed by atoms with Gasteiger partial charge in [0.05, 0.1) is 19.1 Å². The minimum absolute atomic E-state index is 0.117. The summed E-state index contributed by atoms with van der Waals surface area (Å²) in [6.45, 7) is 5.00. The van der Waals surface area contributed by atoms with E-state index in [1.165, 1.54) is 0 Å². The Kier molecular flexibility index (Phi) is 6.85. The van der Waals surface area contributed by atoms with Gasteiger partial charge in [0.25, 0.3) is 0 Å². The monoisotopic (exact) mass is 309 g/mol. The van der Waals surface area contributed by atoms with Crippen molar-refractivity contribution in [2.24, 2.45) is 0 Å². The van der Waals surface area contributed by atoms with Gasteiger partial charge in [-0.3, -0.25) is 4.79 Å². The van der Waals surface area contributed by atoms with Gasteiger partial charge >= 0.3 is 12.1 Å². The molecule has 0 saturated heterocycles. The molecule has 1 aromatic carbocycles. The van der Waals surface area contributed by atoms with Gasteiger partial charge in [-0.1, -0.05) is 30.3 Å². The number of carbonyl (C=O) groups is 2. The number of benzene rings is 1. The van der Waals surface area contributed by atoms with Crippen LogP contribution in [0.5, 0.6) is 0 Å². The molecular formula is C16H23NO5. The Morgan fingerprint density at radius 2 is 1.86 bits per heavy atom. The Morgan fingerprint density at radius 1 is 1.23 bits per heavy atom. The molecule has 0 heterocycles. The SMILES string of the molecule is CC(C)(C)OC(=O)CC(CO)NC(=O)OCc1ccccc1. The van der Waals surface area contributed by atoms with Gasteiger partial charge in [-0.25, -0.2) is 4.79 Å². The number of nitrogens with one attached hydrogen (secondary N) is 1. The minimum Gasteiger partial charge on any atom is -0.460 e. The van der Waals surface area contributed by atoms with Crippen LogP contribution in [0.3, 0.4) is 0 Å². The molecule has 0 aromatic heterocycles. The van der Waals surface area contributed by atoms with E-state index in [2.05, 4.69) is 5.32 Å². The van der Waals surface area contributed by atoms with E-state index in [1.807, 2.05) is 30.3 Å². The molecule has 0 bridgehead atoms. The summed E-state index contributed by atoms with van der Waals surface area (Å²) < 4.78 is 10.2. The number of aliphatic hydroxyl groups is 1. The number of hydrogen-bond donors (Lipinski definition) is 2. The lowest BCUT2D eigenvalue weighted by atomic mass is 10.2. The predicted octanol–water partition coefficient (Wildman–Crippen LogP) is 2.01. The van der Waals surface area contributed by atoms with E-state index in [4.69, 9.17) is 9.47 Å². The van der Waals surface area contributed by atoms with E-state index in [9.17, 15) is 14.7 Å². The Morgan fingerprint density at radius 3 is 2.41 bits per heavy atom. The van der Waals surface area contributed by atoms with Gasteiger partial charge in [-0.15, -0.1) is 0 Å². The molecule has 2 N–H and O–H groups in total. The van der Waals surface area contributed by atoms with Crippen molar-refractivity contribution in [1.82, 2.24) is 5.32 Å².